The van der Waals surface area contributed by atoms with Gasteiger partial charge in [0.15, 0.2) is 0 Å². The van der Waals surface area contributed by atoms with Gasteiger partial charge in [-0.05, 0) is 13.8 Å². The summed E-state index contributed by atoms with van der Waals surface area (Å²) in [5, 5.41) is 11.0. The van der Waals surface area contributed by atoms with E-state index in [1.807, 2.05) is 27.7 Å². The molecule has 0 amide bonds. The van der Waals surface area contributed by atoms with Crippen molar-refractivity contribution < 1.29 is 9.66 Å². The van der Waals surface area contributed by atoms with Crippen LogP contribution >= 0.6 is 0 Å². The van der Waals surface area contributed by atoms with Gasteiger partial charge in [-0.2, -0.15) is 4.98 Å². The number of pyridine rings is 1. The second-order valence-corrected chi connectivity index (χ2v) is 4.03. The van der Waals surface area contributed by atoms with E-state index in [2.05, 4.69) is 4.98 Å². The van der Waals surface area contributed by atoms with Gasteiger partial charge in [0.1, 0.15) is 0 Å². The van der Waals surface area contributed by atoms with E-state index in [-0.39, 0.29) is 11.7 Å². The third-order valence-corrected chi connectivity index (χ3v) is 2.50. The number of rotatable bonds is 6. The molecule has 0 spiro atoms. The number of nitrogens with zero attached hydrogens (tertiary/aromatic N) is 3. The van der Waals surface area contributed by atoms with Crippen LogP contribution in [0.25, 0.3) is 0 Å². The van der Waals surface area contributed by atoms with Crippen LogP contribution in [0, 0.1) is 10.1 Å². The van der Waals surface area contributed by atoms with E-state index in [0.29, 0.717) is 24.8 Å². The Labute approximate surface area is 119 Å². The Kier molecular flexibility index (Phi) is 8.23. The van der Waals surface area contributed by atoms with Crippen LogP contribution in [-0.2, 0) is 0 Å². The van der Waals surface area contributed by atoms with Gasteiger partial charge in [0.25, 0.3) is 0 Å². The molecule has 0 aliphatic heterocycles. The lowest BCUT2D eigenvalue weighted by atomic mass is 10.2. The maximum absolute atomic E-state index is 11.0. The molecule has 1 aromatic rings. The lowest BCUT2D eigenvalue weighted by molar-refractivity contribution is -0.384. The van der Waals surface area contributed by atoms with E-state index in [4.69, 9.17) is 10.5 Å². The van der Waals surface area contributed by atoms with Crippen molar-refractivity contribution in [3.8, 4) is 5.88 Å². The minimum absolute atomic E-state index is 0.0436. The average molecular weight is 284 g/mol. The third kappa shape index (κ3) is 4.65. The fourth-order valence-corrected chi connectivity index (χ4v) is 1.64. The normalized spacial score (nSPS) is 9.75. The highest BCUT2D eigenvalue weighted by atomic mass is 16.6. The number of hydrogen-bond donors (Lipinski definition) is 1. The van der Waals surface area contributed by atoms with Crippen LogP contribution in [0.15, 0.2) is 12.1 Å². The average Bonchev–Trinajstić information content (AvgIpc) is 2.45. The molecule has 2 N–H and O–H groups in total. The first-order chi connectivity index (χ1) is 9.51. The molecular weight excluding hydrogens is 260 g/mol. The van der Waals surface area contributed by atoms with Gasteiger partial charge >= 0.3 is 5.69 Å². The smallest absolute Gasteiger partial charge is 0.311 e. The molecule has 0 fully saturated rings. The Morgan fingerprint density at radius 2 is 2.05 bits per heavy atom. The Morgan fingerprint density at radius 1 is 1.45 bits per heavy atom. The summed E-state index contributed by atoms with van der Waals surface area (Å²) >= 11 is 0. The molecule has 1 rings (SSSR count). The molecule has 114 valence electrons. The second-order valence-electron chi connectivity index (χ2n) is 4.03. The molecule has 0 bridgehead atoms. The molecule has 0 aromatic carbocycles. The van der Waals surface area contributed by atoms with E-state index in [1.54, 1.807) is 4.90 Å². The van der Waals surface area contributed by atoms with Crippen LogP contribution in [0.2, 0.25) is 0 Å². The van der Waals surface area contributed by atoms with Crippen molar-refractivity contribution in [2.75, 3.05) is 25.1 Å². The number of methoxy groups -OCH3 is 1. The molecule has 20 heavy (non-hydrogen) atoms. The number of nitrogens with two attached hydrogens (primary N) is 1. The van der Waals surface area contributed by atoms with Gasteiger partial charge < -0.3 is 15.4 Å². The highest BCUT2D eigenvalue weighted by Gasteiger charge is 2.23. The second kappa shape index (κ2) is 9.08. The zero-order valence-corrected chi connectivity index (χ0v) is 12.8. The van der Waals surface area contributed by atoms with Crippen LogP contribution in [0.3, 0.4) is 0 Å². The van der Waals surface area contributed by atoms with E-state index in [1.165, 1.54) is 19.2 Å². The van der Waals surface area contributed by atoms with Crippen LogP contribution in [0.4, 0.5) is 11.5 Å². The maximum Gasteiger partial charge on any atom is 0.311 e. The predicted octanol–water partition coefficient (Wildman–Crippen LogP) is 2.20. The molecule has 0 atom stereocenters. The first-order valence-electron chi connectivity index (χ1n) is 6.67. The topological polar surface area (TPSA) is 94.5 Å². The molecule has 0 aliphatic carbocycles. The van der Waals surface area contributed by atoms with E-state index >= 15 is 0 Å². The minimum Gasteiger partial charge on any atom is -0.481 e. The molecule has 0 unspecified atom stereocenters. The zero-order chi connectivity index (χ0) is 15.7. The van der Waals surface area contributed by atoms with Crippen molar-refractivity contribution in [1.82, 2.24) is 4.98 Å². The van der Waals surface area contributed by atoms with Crippen molar-refractivity contribution in [2.24, 2.45) is 5.73 Å². The standard InChI is InChI=1S/C11H18N4O3.C2H6/c1-8(2)14(7-6-12)11-9(15(16)17)4-5-10(13-11)18-3;1-2/h4-5,8H,6-7,12H2,1-3H3;1-2H3. The van der Waals surface area contributed by atoms with Crippen molar-refractivity contribution >= 4 is 11.5 Å². The highest BCUT2D eigenvalue weighted by molar-refractivity contribution is 5.59. The van der Waals surface area contributed by atoms with Crippen molar-refractivity contribution in [1.29, 1.82) is 0 Å². The summed E-state index contributed by atoms with van der Waals surface area (Å²) < 4.78 is 5.01. The Morgan fingerprint density at radius 3 is 2.45 bits per heavy atom. The summed E-state index contributed by atoms with van der Waals surface area (Å²) in [7, 11) is 1.47. The van der Waals surface area contributed by atoms with Crippen LogP contribution in [0.1, 0.15) is 27.7 Å². The van der Waals surface area contributed by atoms with Gasteiger partial charge in [0.05, 0.1) is 12.0 Å². The number of nitro groups is 1. The maximum atomic E-state index is 11.0. The quantitative estimate of drug-likeness (QED) is 0.635. The van der Waals surface area contributed by atoms with Gasteiger partial charge in [-0.1, -0.05) is 13.8 Å². The summed E-state index contributed by atoms with van der Waals surface area (Å²) in [6.07, 6.45) is 0. The van der Waals surface area contributed by atoms with E-state index in [0.717, 1.165) is 0 Å². The summed E-state index contributed by atoms with van der Waals surface area (Å²) in [4.78, 5) is 16.5. The molecule has 1 heterocycles. The predicted molar refractivity (Wildman–Crippen MR) is 80.3 cm³/mol. The van der Waals surface area contributed by atoms with Gasteiger partial charge in [0.2, 0.25) is 11.7 Å². The number of hydrogen-bond acceptors (Lipinski definition) is 6. The van der Waals surface area contributed by atoms with Crippen molar-refractivity contribution in [3.63, 3.8) is 0 Å². The summed E-state index contributed by atoms with van der Waals surface area (Å²) in [6, 6.07) is 2.93. The number of aromatic nitrogens is 1. The van der Waals surface area contributed by atoms with Crippen LogP contribution in [-0.4, -0.2) is 36.1 Å². The molecule has 1 aromatic heterocycles. The molecular formula is C13H24N4O3. The summed E-state index contributed by atoms with van der Waals surface area (Å²) in [5.41, 5.74) is 5.49. The summed E-state index contributed by atoms with van der Waals surface area (Å²) in [6.45, 7) is 8.76. The van der Waals surface area contributed by atoms with E-state index < -0.39 is 4.92 Å². The van der Waals surface area contributed by atoms with Gasteiger partial charge in [-0.25, -0.2) is 0 Å². The van der Waals surface area contributed by atoms with Crippen molar-refractivity contribution in [2.45, 2.75) is 33.7 Å². The van der Waals surface area contributed by atoms with Crippen molar-refractivity contribution in [3.05, 3.63) is 22.2 Å². The molecule has 0 aliphatic rings. The Hall–Kier alpha value is -1.89. The minimum atomic E-state index is -0.451. The molecule has 0 saturated heterocycles. The lowest BCUT2D eigenvalue weighted by Gasteiger charge is -2.26. The zero-order valence-electron chi connectivity index (χ0n) is 12.8. The molecule has 7 nitrogen and oxygen atoms in total. The van der Waals surface area contributed by atoms with Gasteiger partial charge in [-0.3, -0.25) is 10.1 Å². The first-order valence-corrected chi connectivity index (χ1v) is 6.67. The first kappa shape index (κ1) is 18.1. The number of anilines is 1. The SMILES string of the molecule is CC.COc1ccc([N+](=O)[O-])c(N(CCN)C(C)C)n1. The molecule has 0 radical (unpaired) electrons. The molecule has 7 heteroatoms. The highest BCUT2D eigenvalue weighted by Crippen LogP contribution is 2.29. The van der Waals surface area contributed by atoms with E-state index in [9.17, 15) is 10.1 Å². The Balaban J connectivity index is 0.00000172. The van der Waals surface area contributed by atoms with Crippen LogP contribution < -0.4 is 15.4 Å². The summed E-state index contributed by atoms with van der Waals surface area (Å²) in [5.74, 6) is 0.637. The Bertz CT molecular complexity index is 424. The fourth-order valence-electron chi connectivity index (χ4n) is 1.64. The number of ether oxygens (including phenoxy) is 1. The largest absolute Gasteiger partial charge is 0.481 e. The lowest BCUT2D eigenvalue weighted by Crippen LogP contribution is -2.36. The molecule has 0 saturated carbocycles. The van der Waals surface area contributed by atoms with Crippen LogP contribution in [0.5, 0.6) is 5.88 Å². The van der Waals surface area contributed by atoms with Gasteiger partial charge in [0, 0.05) is 31.3 Å². The third-order valence-electron chi connectivity index (χ3n) is 2.50. The monoisotopic (exact) mass is 284 g/mol. The fraction of sp³-hybridized carbons (Fsp3) is 0.615. The van der Waals surface area contributed by atoms with Gasteiger partial charge in [-0.15, -0.1) is 0 Å².